The standard InChI is InChI=1S/C11H13N5O3/c1-7-5-8(14-13-7)12-9(17)6-16-4-3-10(18)15(2)11(16)19/h3-5H,6H2,1-2H3,(H2,12,13,14,17). The first-order valence-electron chi connectivity index (χ1n) is 5.55. The first kappa shape index (κ1) is 12.8. The first-order valence-corrected chi connectivity index (χ1v) is 5.55. The Morgan fingerprint density at radius 3 is 2.84 bits per heavy atom. The molecule has 2 heterocycles. The minimum absolute atomic E-state index is 0.182. The fourth-order valence-electron chi connectivity index (χ4n) is 1.56. The van der Waals surface area contributed by atoms with Gasteiger partial charge in [-0.1, -0.05) is 0 Å². The molecule has 8 heteroatoms. The van der Waals surface area contributed by atoms with Crippen molar-refractivity contribution in [3.8, 4) is 0 Å². The van der Waals surface area contributed by atoms with Crippen LogP contribution in [0.5, 0.6) is 0 Å². The van der Waals surface area contributed by atoms with Crippen molar-refractivity contribution < 1.29 is 4.79 Å². The van der Waals surface area contributed by atoms with E-state index in [-0.39, 0.29) is 6.54 Å². The van der Waals surface area contributed by atoms with Gasteiger partial charge in [-0.25, -0.2) is 4.79 Å². The second kappa shape index (κ2) is 4.92. The highest BCUT2D eigenvalue weighted by Gasteiger charge is 2.08. The van der Waals surface area contributed by atoms with Gasteiger partial charge >= 0.3 is 5.69 Å². The number of hydrogen-bond acceptors (Lipinski definition) is 4. The minimum Gasteiger partial charge on any atom is -0.308 e. The summed E-state index contributed by atoms with van der Waals surface area (Å²) < 4.78 is 2.09. The van der Waals surface area contributed by atoms with E-state index in [0.29, 0.717) is 5.82 Å². The Labute approximate surface area is 107 Å². The van der Waals surface area contributed by atoms with E-state index in [1.807, 2.05) is 0 Å². The Bertz CT molecular complexity index is 724. The number of anilines is 1. The maximum absolute atomic E-state index is 11.7. The number of carbonyl (C=O) groups is 1. The molecule has 2 rings (SSSR count). The number of nitrogens with zero attached hydrogens (tertiary/aromatic N) is 3. The topological polar surface area (TPSA) is 102 Å². The van der Waals surface area contributed by atoms with E-state index in [0.717, 1.165) is 14.8 Å². The molecule has 1 amide bonds. The first-order chi connectivity index (χ1) is 8.97. The fraction of sp³-hybridized carbons (Fsp3) is 0.273. The molecule has 0 atom stereocenters. The number of hydrogen-bond donors (Lipinski definition) is 2. The lowest BCUT2D eigenvalue weighted by molar-refractivity contribution is -0.116. The Balaban J connectivity index is 2.14. The Morgan fingerprint density at radius 1 is 1.47 bits per heavy atom. The Morgan fingerprint density at radius 2 is 2.21 bits per heavy atom. The van der Waals surface area contributed by atoms with Crippen LogP contribution in [0.2, 0.25) is 0 Å². The number of aromatic nitrogens is 4. The molecule has 0 bridgehead atoms. The summed E-state index contributed by atoms with van der Waals surface area (Å²) in [6, 6.07) is 2.90. The van der Waals surface area contributed by atoms with Gasteiger partial charge < -0.3 is 5.32 Å². The molecule has 0 aliphatic rings. The zero-order chi connectivity index (χ0) is 14.0. The van der Waals surface area contributed by atoms with Crippen LogP contribution in [0.15, 0.2) is 27.9 Å². The van der Waals surface area contributed by atoms with E-state index >= 15 is 0 Å². The molecule has 0 spiro atoms. The Hall–Kier alpha value is -2.64. The normalized spacial score (nSPS) is 10.4. The van der Waals surface area contributed by atoms with Gasteiger partial charge in [0, 0.05) is 31.1 Å². The van der Waals surface area contributed by atoms with Gasteiger partial charge in [-0.2, -0.15) is 5.10 Å². The highest BCUT2D eigenvalue weighted by atomic mass is 16.2. The molecule has 2 N–H and O–H groups in total. The van der Waals surface area contributed by atoms with E-state index in [9.17, 15) is 14.4 Å². The maximum Gasteiger partial charge on any atom is 0.331 e. The summed E-state index contributed by atoms with van der Waals surface area (Å²) in [5.74, 6) is -0.00684. The summed E-state index contributed by atoms with van der Waals surface area (Å²) in [7, 11) is 1.36. The van der Waals surface area contributed by atoms with Gasteiger partial charge in [0.05, 0.1) is 0 Å². The van der Waals surface area contributed by atoms with Crippen LogP contribution in [-0.2, 0) is 18.4 Å². The second-order valence-electron chi connectivity index (χ2n) is 4.11. The third kappa shape index (κ3) is 2.79. The highest BCUT2D eigenvalue weighted by Crippen LogP contribution is 2.03. The molecule has 100 valence electrons. The summed E-state index contributed by atoms with van der Waals surface area (Å²) in [5, 5.41) is 9.08. The van der Waals surface area contributed by atoms with Gasteiger partial charge in [-0.05, 0) is 6.92 Å². The van der Waals surface area contributed by atoms with Crippen LogP contribution in [-0.4, -0.2) is 25.2 Å². The lowest BCUT2D eigenvalue weighted by atomic mass is 10.4. The van der Waals surface area contributed by atoms with Crippen molar-refractivity contribution in [1.82, 2.24) is 19.3 Å². The van der Waals surface area contributed by atoms with Crippen LogP contribution in [0.25, 0.3) is 0 Å². The zero-order valence-electron chi connectivity index (χ0n) is 10.5. The van der Waals surface area contributed by atoms with Gasteiger partial charge in [0.1, 0.15) is 6.54 Å². The molecular weight excluding hydrogens is 250 g/mol. The van der Waals surface area contributed by atoms with Crippen LogP contribution < -0.4 is 16.6 Å². The third-order valence-corrected chi connectivity index (χ3v) is 2.55. The molecule has 0 aliphatic heterocycles. The number of aromatic amines is 1. The second-order valence-corrected chi connectivity index (χ2v) is 4.11. The third-order valence-electron chi connectivity index (χ3n) is 2.55. The summed E-state index contributed by atoms with van der Waals surface area (Å²) in [6.45, 7) is 1.62. The van der Waals surface area contributed by atoms with Crippen LogP contribution in [0.4, 0.5) is 5.82 Å². The van der Waals surface area contributed by atoms with Crippen molar-refractivity contribution in [2.24, 2.45) is 7.05 Å². The lowest BCUT2D eigenvalue weighted by Crippen LogP contribution is -2.38. The molecule has 2 aromatic heterocycles. The van der Waals surface area contributed by atoms with E-state index in [1.165, 1.54) is 19.3 Å². The van der Waals surface area contributed by atoms with Crippen molar-refractivity contribution in [3.63, 3.8) is 0 Å². The van der Waals surface area contributed by atoms with Gasteiger partial charge in [0.25, 0.3) is 5.56 Å². The summed E-state index contributed by atoms with van der Waals surface area (Å²) >= 11 is 0. The quantitative estimate of drug-likeness (QED) is 0.758. The van der Waals surface area contributed by atoms with Crippen molar-refractivity contribution in [3.05, 3.63) is 44.9 Å². The van der Waals surface area contributed by atoms with E-state index in [1.54, 1.807) is 13.0 Å². The Kier molecular flexibility index (Phi) is 3.32. The molecule has 2 aromatic rings. The van der Waals surface area contributed by atoms with E-state index in [2.05, 4.69) is 15.5 Å². The van der Waals surface area contributed by atoms with E-state index < -0.39 is 17.2 Å². The minimum atomic E-state index is -0.541. The van der Waals surface area contributed by atoms with Gasteiger partial charge in [-0.3, -0.25) is 23.8 Å². The van der Waals surface area contributed by atoms with Crippen molar-refractivity contribution in [1.29, 1.82) is 0 Å². The van der Waals surface area contributed by atoms with Crippen LogP contribution in [0.1, 0.15) is 5.69 Å². The van der Waals surface area contributed by atoms with Gasteiger partial charge in [0.15, 0.2) is 5.82 Å². The number of rotatable bonds is 3. The maximum atomic E-state index is 11.7. The zero-order valence-corrected chi connectivity index (χ0v) is 10.5. The molecule has 0 saturated heterocycles. The largest absolute Gasteiger partial charge is 0.331 e. The summed E-state index contributed by atoms with van der Waals surface area (Å²) in [5.41, 5.74) is -0.139. The van der Waals surface area contributed by atoms with E-state index in [4.69, 9.17) is 0 Å². The number of H-pyrrole nitrogens is 1. The molecule has 0 unspecified atom stereocenters. The predicted molar refractivity (Wildman–Crippen MR) is 67.9 cm³/mol. The molecule has 0 aromatic carbocycles. The molecule has 0 fully saturated rings. The fourth-order valence-corrected chi connectivity index (χ4v) is 1.56. The molecule has 0 saturated carbocycles. The highest BCUT2D eigenvalue weighted by molar-refractivity contribution is 5.89. The van der Waals surface area contributed by atoms with Crippen molar-refractivity contribution in [2.45, 2.75) is 13.5 Å². The number of aryl methyl sites for hydroxylation is 1. The number of carbonyl (C=O) groups excluding carboxylic acids is 1. The van der Waals surface area contributed by atoms with Crippen LogP contribution >= 0.6 is 0 Å². The average Bonchev–Trinajstić information content (AvgIpc) is 2.75. The number of nitrogens with one attached hydrogen (secondary N) is 2. The van der Waals surface area contributed by atoms with Crippen molar-refractivity contribution in [2.75, 3.05) is 5.32 Å². The SMILES string of the molecule is Cc1cc(NC(=O)Cn2ccc(=O)n(C)c2=O)n[nH]1. The monoisotopic (exact) mass is 263 g/mol. The molecule has 19 heavy (non-hydrogen) atoms. The average molecular weight is 263 g/mol. The molecule has 0 aliphatic carbocycles. The summed E-state index contributed by atoms with van der Waals surface area (Å²) in [4.78, 5) is 34.6. The predicted octanol–water partition coefficient (Wildman–Crippen LogP) is -0.783. The van der Waals surface area contributed by atoms with Crippen LogP contribution in [0.3, 0.4) is 0 Å². The molecule has 8 nitrogen and oxygen atoms in total. The van der Waals surface area contributed by atoms with Gasteiger partial charge in [-0.15, -0.1) is 0 Å². The molecule has 0 radical (unpaired) electrons. The lowest BCUT2D eigenvalue weighted by Gasteiger charge is -2.06. The van der Waals surface area contributed by atoms with Crippen molar-refractivity contribution >= 4 is 11.7 Å². The smallest absolute Gasteiger partial charge is 0.308 e. The summed E-state index contributed by atoms with van der Waals surface area (Å²) in [6.07, 6.45) is 1.29. The van der Waals surface area contributed by atoms with Crippen LogP contribution in [0, 0.1) is 6.92 Å². The molecular formula is C11H13N5O3. The van der Waals surface area contributed by atoms with Gasteiger partial charge in [0.2, 0.25) is 5.91 Å². The number of amides is 1.